The summed E-state index contributed by atoms with van der Waals surface area (Å²) in [6, 6.07) is 9.54. The van der Waals surface area contributed by atoms with Crippen LogP contribution in [0.25, 0.3) is 0 Å². The highest BCUT2D eigenvalue weighted by Gasteiger charge is 2.18. The van der Waals surface area contributed by atoms with Crippen LogP contribution in [-0.4, -0.2) is 46.2 Å². The van der Waals surface area contributed by atoms with Crippen molar-refractivity contribution in [3.63, 3.8) is 0 Å². The standard InChI is InChI=1S/C18H25N3O4S/c1-13(14-7-9-15(10-8-14)26(4,23)24)20-18(22)19-12-16(21(2)3)17-6-5-11-25-17/h5-11,13,16H,12H2,1-4H3,(H2,19,20,22). The summed E-state index contributed by atoms with van der Waals surface area (Å²) in [7, 11) is 0.601. The fourth-order valence-corrected chi connectivity index (χ4v) is 3.17. The number of likely N-dealkylation sites (N-methyl/N-ethyl adjacent to an activating group) is 1. The first-order valence-corrected chi connectivity index (χ1v) is 10.1. The monoisotopic (exact) mass is 379 g/mol. The minimum Gasteiger partial charge on any atom is -0.468 e. The summed E-state index contributed by atoms with van der Waals surface area (Å²) < 4.78 is 28.4. The van der Waals surface area contributed by atoms with E-state index in [2.05, 4.69) is 10.6 Å². The molecule has 0 aliphatic rings. The van der Waals surface area contributed by atoms with E-state index in [1.54, 1.807) is 30.5 Å². The smallest absolute Gasteiger partial charge is 0.315 e. The van der Waals surface area contributed by atoms with Gasteiger partial charge in [-0.1, -0.05) is 12.1 Å². The second-order valence-electron chi connectivity index (χ2n) is 6.41. The molecule has 0 spiro atoms. The molecular weight excluding hydrogens is 354 g/mol. The molecule has 2 aromatic rings. The van der Waals surface area contributed by atoms with Gasteiger partial charge in [0.15, 0.2) is 9.84 Å². The Morgan fingerprint density at radius 2 is 1.85 bits per heavy atom. The van der Waals surface area contributed by atoms with E-state index in [0.717, 1.165) is 17.6 Å². The number of hydrogen-bond donors (Lipinski definition) is 2. The average molecular weight is 379 g/mol. The zero-order valence-corrected chi connectivity index (χ0v) is 16.2. The molecule has 0 bridgehead atoms. The van der Waals surface area contributed by atoms with Crippen LogP contribution in [0.15, 0.2) is 52.0 Å². The van der Waals surface area contributed by atoms with Gasteiger partial charge >= 0.3 is 6.03 Å². The van der Waals surface area contributed by atoms with Gasteiger partial charge in [-0.3, -0.25) is 4.90 Å². The molecule has 0 aliphatic carbocycles. The number of carbonyl (C=O) groups excluding carboxylic acids is 1. The van der Waals surface area contributed by atoms with Gasteiger partial charge in [-0.25, -0.2) is 13.2 Å². The normalized spacial score (nSPS) is 14.0. The van der Waals surface area contributed by atoms with E-state index in [1.165, 1.54) is 0 Å². The molecule has 2 unspecified atom stereocenters. The molecule has 1 aromatic carbocycles. The molecule has 0 radical (unpaired) electrons. The summed E-state index contributed by atoms with van der Waals surface area (Å²) in [5.74, 6) is 0.778. The van der Waals surface area contributed by atoms with E-state index in [9.17, 15) is 13.2 Å². The van der Waals surface area contributed by atoms with Crippen molar-refractivity contribution in [1.29, 1.82) is 0 Å². The van der Waals surface area contributed by atoms with Crippen LogP contribution in [0.3, 0.4) is 0 Å². The van der Waals surface area contributed by atoms with Gasteiger partial charge in [0.05, 0.1) is 23.2 Å². The lowest BCUT2D eigenvalue weighted by Crippen LogP contribution is -2.41. The Kier molecular flexibility index (Phi) is 6.44. The average Bonchev–Trinajstić information content (AvgIpc) is 3.08. The van der Waals surface area contributed by atoms with Gasteiger partial charge in [-0.2, -0.15) is 0 Å². The van der Waals surface area contributed by atoms with Crippen LogP contribution in [0.2, 0.25) is 0 Å². The lowest BCUT2D eigenvalue weighted by Gasteiger charge is -2.23. The first kappa shape index (κ1) is 20.0. The van der Waals surface area contributed by atoms with E-state index in [1.807, 2.05) is 38.1 Å². The predicted octanol–water partition coefficient (Wildman–Crippen LogP) is 2.35. The minimum absolute atomic E-state index is 0.0694. The van der Waals surface area contributed by atoms with Gasteiger partial charge in [-0.05, 0) is 50.8 Å². The van der Waals surface area contributed by atoms with Crippen molar-refractivity contribution in [3.05, 3.63) is 54.0 Å². The zero-order valence-electron chi connectivity index (χ0n) is 15.4. The SMILES string of the molecule is CC(NC(=O)NCC(c1ccco1)N(C)C)c1ccc(S(C)(=O)=O)cc1. The highest BCUT2D eigenvalue weighted by Crippen LogP contribution is 2.18. The maximum absolute atomic E-state index is 12.2. The number of amides is 2. The quantitative estimate of drug-likeness (QED) is 0.770. The number of nitrogens with zero attached hydrogens (tertiary/aromatic N) is 1. The van der Waals surface area contributed by atoms with E-state index < -0.39 is 9.84 Å². The molecule has 0 saturated heterocycles. The Morgan fingerprint density at radius 3 is 2.35 bits per heavy atom. The topological polar surface area (TPSA) is 91.7 Å². The molecule has 8 heteroatoms. The molecule has 7 nitrogen and oxygen atoms in total. The van der Waals surface area contributed by atoms with E-state index >= 15 is 0 Å². The van der Waals surface area contributed by atoms with E-state index in [4.69, 9.17) is 4.42 Å². The van der Waals surface area contributed by atoms with Crippen LogP contribution in [-0.2, 0) is 9.84 Å². The lowest BCUT2D eigenvalue weighted by molar-refractivity contribution is 0.223. The molecule has 26 heavy (non-hydrogen) atoms. The van der Waals surface area contributed by atoms with Gasteiger partial charge in [0.1, 0.15) is 5.76 Å². The first-order valence-electron chi connectivity index (χ1n) is 8.22. The Balaban J connectivity index is 1.92. The van der Waals surface area contributed by atoms with Crippen molar-refractivity contribution >= 4 is 15.9 Å². The third-order valence-corrected chi connectivity index (χ3v) is 5.24. The number of benzene rings is 1. The first-order chi connectivity index (χ1) is 12.2. The van der Waals surface area contributed by atoms with Crippen molar-refractivity contribution in [2.45, 2.75) is 23.9 Å². The van der Waals surface area contributed by atoms with Gasteiger partial charge in [0, 0.05) is 12.8 Å². The third-order valence-electron chi connectivity index (χ3n) is 4.11. The van der Waals surface area contributed by atoms with Gasteiger partial charge in [-0.15, -0.1) is 0 Å². The molecule has 0 fully saturated rings. The van der Waals surface area contributed by atoms with Crippen LogP contribution in [0.4, 0.5) is 4.79 Å². The van der Waals surface area contributed by atoms with E-state index in [-0.39, 0.29) is 23.0 Å². The molecule has 2 amide bonds. The largest absolute Gasteiger partial charge is 0.468 e. The zero-order chi connectivity index (χ0) is 19.3. The van der Waals surface area contributed by atoms with Crippen LogP contribution >= 0.6 is 0 Å². The molecule has 1 heterocycles. The molecule has 1 aromatic heterocycles. The van der Waals surface area contributed by atoms with Crippen LogP contribution < -0.4 is 10.6 Å². The highest BCUT2D eigenvalue weighted by molar-refractivity contribution is 7.90. The summed E-state index contributed by atoms with van der Waals surface area (Å²) in [6.45, 7) is 2.23. The number of nitrogens with one attached hydrogen (secondary N) is 2. The molecule has 142 valence electrons. The molecule has 2 rings (SSSR count). The van der Waals surface area contributed by atoms with Crippen LogP contribution in [0.5, 0.6) is 0 Å². The second-order valence-corrected chi connectivity index (χ2v) is 8.43. The third kappa shape index (κ3) is 5.34. The Bertz CT molecular complexity index is 815. The number of hydrogen-bond acceptors (Lipinski definition) is 5. The van der Waals surface area contributed by atoms with Crippen molar-refractivity contribution in [3.8, 4) is 0 Å². The second kappa shape index (κ2) is 8.37. The molecular formula is C18H25N3O4S. The predicted molar refractivity (Wildman–Crippen MR) is 99.6 cm³/mol. The summed E-state index contributed by atoms with van der Waals surface area (Å²) in [5.41, 5.74) is 0.822. The van der Waals surface area contributed by atoms with Crippen molar-refractivity contribution in [2.24, 2.45) is 0 Å². The molecule has 2 N–H and O–H groups in total. The summed E-state index contributed by atoms with van der Waals surface area (Å²) >= 11 is 0. The van der Waals surface area contributed by atoms with Crippen molar-refractivity contribution in [1.82, 2.24) is 15.5 Å². The minimum atomic E-state index is -3.23. The number of sulfone groups is 1. The summed E-state index contributed by atoms with van der Waals surface area (Å²) in [6.07, 6.45) is 2.77. The molecule has 2 atom stereocenters. The fraction of sp³-hybridized carbons (Fsp3) is 0.389. The summed E-state index contributed by atoms with van der Waals surface area (Å²) in [4.78, 5) is 14.4. The number of urea groups is 1. The summed E-state index contributed by atoms with van der Waals surface area (Å²) in [5, 5.41) is 5.69. The fourth-order valence-electron chi connectivity index (χ4n) is 2.54. The lowest BCUT2D eigenvalue weighted by atomic mass is 10.1. The molecule has 0 saturated carbocycles. The van der Waals surface area contributed by atoms with E-state index in [0.29, 0.717) is 6.54 Å². The van der Waals surface area contributed by atoms with Gasteiger partial charge < -0.3 is 15.1 Å². The number of rotatable bonds is 7. The van der Waals surface area contributed by atoms with Crippen LogP contribution in [0, 0.1) is 0 Å². The Hall–Kier alpha value is -2.32. The number of carbonyl (C=O) groups is 1. The highest BCUT2D eigenvalue weighted by atomic mass is 32.2. The van der Waals surface area contributed by atoms with Crippen molar-refractivity contribution in [2.75, 3.05) is 26.9 Å². The van der Waals surface area contributed by atoms with Crippen molar-refractivity contribution < 1.29 is 17.6 Å². The van der Waals surface area contributed by atoms with Gasteiger partial charge in [0.25, 0.3) is 0 Å². The molecule has 0 aliphatic heterocycles. The van der Waals surface area contributed by atoms with Crippen LogP contribution in [0.1, 0.15) is 30.3 Å². The maximum Gasteiger partial charge on any atom is 0.315 e. The maximum atomic E-state index is 12.2. The Labute approximate surface area is 154 Å². The number of furan rings is 1. The Morgan fingerprint density at radius 1 is 1.19 bits per heavy atom. The van der Waals surface area contributed by atoms with Gasteiger partial charge in [0.2, 0.25) is 0 Å².